The molecule has 3 aliphatic carbocycles. The number of hydrogen-bond donors (Lipinski definition) is 0. The molecule has 1 aromatic heterocycles. The largest absolute Gasteiger partial charge is 0.455 e. The van der Waals surface area contributed by atoms with Gasteiger partial charge >= 0.3 is 0 Å². The molecule has 0 spiro atoms. The first-order chi connectivity index (χ1) is 18.7. The number of fused-ring (bicyclic) bond motifs is 10. The van der Waals surface area contributed by atoms with E-state index in [2.05, 4.69) is 120 Å². The SMILES string of the molecule is CC1=CC(Cc2ccc3c(c2)C(C)(C)c2cc4c(cc2-3)C(C)(C)c2ccc3c(oc5ccccc53)c2-4)CC=C1. The van der Waals surface area contributed by atoms with E-state index in [0.29, 0.717) is 5.92 Å². The number of benzene rings is 4. The van der Waals surface area contributed by atoms with Crippen molar-refractivity contribution in [2.75, 3.05) is 0 Å². The third-order valence-corrected chi connectivity index (χ3v) is 9.86. The Labute approximate surface area is 230 Å². The third-order valence-electron chi connectivity index (χ3n) is 9.86. The quantitative estimate of drug-likeness (QED) is 0.232. The van der Waals surface area contributed by atoms with Crippen LogP contribution in [0.15, 0.2) is 94.9 Å². The Morgan fingerprint density at radius 2 is 1.49 bits per heavy atom. The molecule has 1 atom stereocenters. The number of furan rings is 1. The van der Waals surface area contributed by atoms with Crippen LogP contribution in [0.1, 0.15) is 68.9 Å². The van der Waals surface area contributed by atoms with Crippen molar-refractivity contribution >= 4 is 21.9 Å². The number of rotatable bonds is 2. The summed E-state index contributed by atoms with van der Waals surface area (Å²) < 4.78 is 6.56. The highest BCUT2D eigenvalue weighted by molar-refractivity contribution is 6.12. The van der Waals surface area contributed by atoms with Crippen LogP contribution >= 0.6 is 0 Å². The van der Waals surface area contributed by atoms with Crippen LogP contribution in [0.4, 0.5) is 0 Å². The van der Waals surface area contributed by atoms with Crippen LogP contribution in [0.25, 0.3) is 44.2 Å². The van der Waals surface area contributed by atoms with E-state index in [0.717, 1.165) is 24.0 Å². The van der Waals surface area contributed by atoms with Gasteiger partial charge in [-0.05, 0) is 88.4 Å². The Kier molecular flexibility index (Phi) is 4.52. The van der Waals surface area contributed by atoms with Gasteiger partial charge in [-0.1, -0.05) is 100 Å². The molecule has 4 aromatic carbocycles. The van der Waals surface area contributed by atoms with Gasteiger partial charge in [-0.15, -0.1) is 0 Å². The highest BCUT2D eigenvalue weighted by Crippen LogP contribution is 2.57. The fourth-order valence-corrected chi connectivity index (χ4v) is 7.77. The summed E-state index contributed by atoms with van der Waals surface area (Å²) in [5, 5.41) is 2.41. The summed E-state index contributed by atoms with van der Waals surface area (Å²) in [6, 6.07) is 25.3. The summed E-state index contributed by atoms with van der Waals surface area (Å²) in [4.78, 5) is 0. The number of para-hydroxylation sites is 1. The lowest BCUT2D eigenvalue weighted by atomic mass is 9.79. The number of allylic oxidation sites excluding steroid dienone is 4. The summed E-state index contributed by atoms with van der Waals surface area (Å²) in [6.07, 6.45) is 9.25. The maximum absolute atomic E-state index is 6.56. The maximum Gasteiger partial charge on any atom is 0.143 e. The summed E-state index contributed by atoms with van der Waals surface area (Å²) >= 11 is 0. The van der Waals surface area contributed by atoms with Crippen LogP contribution in [-0.4, -0.2) is 0 Å². The molecule has 0 amide bonds. The summed E-state index contributed by atoms with van der Waals surface area (Å²) in [5.41, 5.74) is 15.8. The molecule has 0 bridgehead atoms. The van der Waals surface area contributed by atoms with E-state index >= 15 is 0 Å². The van der Waals surface area contributed by atoms with Crippen LogP contribution < -0.4 is 0 Å². The van der Waals surface area contributed by atoms with E-state index in [1.54, 1.807) is 0 Å². The van der Waals surface area contributed by atoms with E-state index in [4.69, 9.17) is 4.42 Å². The average molecular weight is 507 g/mol. The van der Waals surface area contributed by atoms with Crippen LogP contribution in [0.2, 0.25) is 0 Å². The monoisotopic (exact) mass is 506 g/mol. The molecule has 5 aromatic rings. The second-order valence-corrected chi connectivity index (χ2v) is 13.0. The predicted molar refractivity (Wildman–Crippen MR) is 164 cm³/mol. The van der Waals surface area contributed by atoms with E-state index in [9.17, 15) is 0 Å². The van der Waals surface area contributed by atoms with E-state index < -0.39 is 0 Å². The zero-order chi connectivity index (χ0) is 26.7. The molecule has 1 heteroatoms. The van der Waals surface area contributed by atoms with Crippen molar-refractivity contribution in [3.05, 3.63) is 118 Å². The highest BCUT2D eigenvalue weighted by atomic mass is 16.3. The van der Waals surface area contributed by atoms with Gasteiger partial charge < -0.3 is 4.42 Å². The first-order valence-electron chi connectivity index (χ1n) is 14.4. The molecule has 192 valence electrons. The Morgan fingerprint density at radius 3 is 2.33 bits per heavy atom. The van der Waals surface area contributed by atoms with Gasteiger partial charge in [-0.2, -0.15) is 0 Å². The molecule has 1 unspecified atom stereocenters. The van der Waals surface area contributed by atoms with Crippen molar-refractivity contribution in [2.24, 2.45) is 5.92 Å². The topological polar surface area (TPSA) is 13.1 Å². The fourth-order valence-electron chi connectivity index (χ4n) is 7.77. The molecule has 3 aliphatic rings. The first-order valence-corrected chi connectivity index (χ1v) is 14.4. The molecule has 0 fully saturated rings. The van der Waals surface area contributed by atoms with Crippen LogP contribution in [0, 0.1) is 5.92 Å². The molecular weight excluding hydrogens is 472 g/mol. The highest BCUT2D eigenvalue weighted by Gasteiger charge is 2.42. The van der Waals surface area contributed by atoms with Crippen LogP contribution in [-0.2, 0) is 17.3 Å². The zero-order valence-electron chi connectivity index (χ0n) is 23.5. The Balaban J connectivity index is 1.29. The van der Waals surface area contributed by atoms with Crippen molar-refractivity contribution in [1.29, 1.82) is 0 Å². The lowest BCUT2D eigenvalue weighted by molar-refractivity contribution is 0.637. The Morgan fingerprint density at radius 1 is 0.744 bits per heavy atom. The second-order valence-electron chi connectivity index (χ2n) is 13.0. The minimum atomic E-state index is -0.0849. The smallest absolute Gasteiger partial charge is 0.143 e. The Hall–Kier alpha value is -3.84. The maximum atomic E-state index is 6.56. The second kappa shape index (κ2) is 7.63. The molecule has 0 N–H and O–H groups in total. The lowest BCUT2D eigenvalue weighted by Crippen LogP contribution is -2.17. The molecule has 0 saturated heterocycles. The molecule has 39 heavy (non-hydrogen) atoms. The molecule has 1 heterocycles. The van der Waals surface area contributed by atoms with Gasteiger partial charge in [0.1, 0.15) is 11.2 Å². The zero-order valence-corrected chi connectivity index (χ0v) is 23.5. The van der Waals surface area contributed by atoms with Crippen molar-refractivity contribution in [3.63, 3.8) is 0 Å². The van der Waals surface area contributed by atoms with E-state index in [-0.39, 0.29) is 10.8 Å². The normalized spacial score (nSPS) is 19.6. The minimum absolute atomic E-state index is 0.0530. The lowest BCUT2D eigenvalue weighted by Gasteiger charge is -2.24. The fraction of sp³-hybridized carbons (Fsp3) is 0.263. The van der Waals surface area contributed by atoms with Gasteiger partial charge in [0.2, 0.25) is 0 Å². The molecule has 0 aliphatic heterocycles. The van der Waals surface area contributed by atoms with Crippen molar-refractivity contribution in [3.8, 4) is 22.3 Å². The molecule has 1 nitrogen and oxygen atoms in total. The molecule has 0 saturated carbocycles. The average Bonchev–Trinajstić information content (AvgIpc) is 3.48. The minimum Gasteiger partial charge on any atom is -0.455 e. The van der Waals surface area contributed by atoms with Gasteiger partial charge in [0.15, 0.2) is 0 Å². The van der Waals surface area contributed by atoms with Gasteiger partial charge in [-0.3, -0.25) is 0 Å². The van der Waals surface area contributed by atoms with Gasteiger partial charge in [0, 0.05) is 27.2 Å². The van der Waals surface area contributed by atoms with Crippen molar-refractivity contribution < 1.29 is 4.42 Å². The molecular formula is C38H34O. The van der Waals surface area contributed by atoms with Gasteiger partial charge in [0.25, 0.3) is 0 Å². The summed E-state index contributed by atoms with van der Waals surface area (Å²) in [7, 11) is 0. The first kappa shape index (κ1) is 23.1. The standard InChI is InChI=1S/C38H34O/c1-22-9-8-10-23(17-22)18-24-13-14-25-28-20-33-29(21-32(28)38(4,5)31(25)19-24)35-30(37(33,2)3)16-15-27-26-11-6-7-12-34(26)39-36(27)35/h6-9,11-17,19-21,23H,10,18H2,1-5H3. The molecule has 0 radical (unpaired) electrons. The Bertz CT molecular complexity index is 1920. The summed E-state index contributed by atoms with van der Waals surface area (Å²) in [6.45, 7) is 11.8. The van der Waals surface area contributed by atoms with Crippen molar-refractivity contribution in [1.82, 2.24) is 0 Å². The van der Waals surface area contributed by atoms with Gasteiger partial charge in [-0.25, -0.2) is 0 Å². The van der Waals surface area contributed by atoms with E-state index in [1.165, 1.54) is 66.4 Å². The van der Waals surface area contributed by atoms with E-state index in [1.807, 2.05) is 0 Å². The van der Waals surface area contributed by atoms with Crippen molar-refractivity contribution in [2.45, 2.75) is 58.3 Å². The van der Waals surface area contributed by atoms with Gasteiger partial charge in [0.05, 0.1) is 0 Å². The van der Waals surface area contributed by atoms with Crippen LogP contribution in [0.5, 0.6) is 0 Å². The third kappa shape index (κ3) is 3.08. The molecule has 8 rings (SSSR count). The number of hydrogen-bond acceptors (Lipinski definition) is 1. The predicted octanol–water partition coefficient (Wildman–Crippen LogP) is 10.3. The van der Waals surface area contributed by atoms with Crippen LogP contribution in [0.3, 0.4) is 0 Å². The summed E-state index contributed by atoms with van der Waals surface area (Å²) in [5.74, 6) is 0.590.